The van der Waals surface area contributed by atoms with Gasteiger partial charge in [0.2, 0.25) is 11.9 Å². The number of hydrogen-bond donors (Lipinski definition) is 3. The molecule has 0 spiro atoms. The summed E-state index contributed by atoms with van der Waals surface area (Å²) < 4.78 is 0. The van der Waals surface area contributed by atoms with Gasteiger partial charge in [-0.1, -0.05) is 18.2 Å². The lowest BCUT2D eigenvalue weighted by atomic mass is 9.95. The number of hydrogen-bond acceptors (Lipinski definition) is 9. The van der Waals surface area contributed by atoms with Gasteiger partial charge in [-0.05, 0) is 81.9 Å². The highest BCUT2D eigenvalue weighted by Crippen LogP contribution is 2.22. The Morgan fingerprint density at radius 3 is 2.67 bits per heavy atom. The molecule has 0 radical (unpaired) electrons. The molecule has 1 atom stereocenters. The standard InChI is InChI=1S/C32H40N10O/c1-4-28(39-30(33-3)27-9-5-7-23(2)36-27)38-29-14-15-35-32(40-29)37-26-12-10-24(11-13-26)21-41-18-6-8-25(22-41)31(43)42-19-16-34-17-20-42/h4-5,7,9-15,25,34H,3,6,8,16-22H2,1-2H3,(H2,35,37,38,40)/b28-4-,39-30-. The fourth-order valence-corrected chi connectivity index (χ4v) is 5.36. The van der Waals surface area contributed by atoms with Crippen LogP contribution < -0.4 is 16.0 Å². The van der Waals surface area contributed by atoms with E-state index in [1.54, 1.807) is 12.3 Å². The van der Waals surface area contributed by atoms with Gasteiger partial charge in [0.05, 0.1) is 5.92 Å². The summed E-state index contributed by atoms with van der Waals surface area (Å²) in [5.41, 5.74) is 3.62. The number of anilines is 3. The third-order valence-electron chi connectivity index (χ3n) is 7.58. The molecule has 2 fully saturated rings. The third kappa shape index (κ3) is 8.30. The van der Waals surface area contributed by atoms with Crippen molar-refractivity contribution < 1.29 is 4.79 Å². The number of pyridine rings is 1. The van der Waals surface area contributed by atoms with Gasteiger partial charge in [0.15, 0.2) is 5.84 Å². The zero-order valence-electron chi connectivity index (χ0n) is 25.0. The molecule has 2 aliphatic heterocycles. The number of aryl methyl sites for hydroxylation is 1. The Kier molecular flexibility index (Phi) is 10.2. The zero-order valence-corrected chi connectivity index (χ0v) is 25.0. The second kappa shape index (κ2) is 14.6. The van der Waals surface area contributed by atoms with Crippen LogP contribution in [0.2, 0.25) is 0 Å². The van der Waals surface area contributed by atoms with Gasteiger partial charge in [-0.15, -0.1) is 0 Å². The van der Waals surface area contributed by atoms with Crippen molar-refractivity contribution in [3.63, 3.8) is 0 Å². The normalized spacial score (nSPS) is 18.3. The van der Waals surface area contributed by atoms with Gasteiger partial charge in [0, 0.05) is 56.8 Å². The molecule has 2 aliphatic rings. The molecule has 2 aromatic heterocycles. The summed E-state index contributed by atoms with van der Waals surface area (Å²) in [6, 6.07) is 15.8. The molecule has 3 N–H and O–H groups in total. The van der Waals surface area contributed by atoms with Crippen LogP contribution in [0.5, 0.6) is 0 Å². The molecule has 2 saturated heterocycles. The van der Waals surface area contributed by atoms with Crippen molar-refractivity contribution in [2.75, 3.05) is 49.9 Å². The number of nitrogens with zero attached hydrogens (tertiary/aromatic N) is 7. The predicted molar refractivity (Wildman–Crippen MR) is 172 cm³/mol. The molecule has 3 aromatic rings. The van der Waals surface area contributed by atoms with E-state index >= 15 is 0 Å². The van der Waals surface area contributed by atoms with Gasteiger partial charge in [0.25, 0.3) is 0 Å². The molecule has 0 bridgehead atoms. The number of amides is 1. The monoisotopic (exact) mass is 580 g/mol. The van der Waals surface area contributed by atoms with Gasteiger partial charge in [-0.2, -0.15) is 4.98 Å². The molecule has 1 unspecified atom stereocenters. The summed E-state index contributed by atoms with van der Waals surface area (Å²) in [5, 5.41) is 9.83. The molecule has 11 nitrogen and oxygen atoms in total. The highest BCUT2D eigenvalue weighted by molar-refractivity contribution is 6.00. The average molecular weight is 581 g/mol. The van der Waals surface area contributed by atoms with Crippen molar-refractivity contribution in [2.45, 2.75) is 33.2 Å². The number of likely N-dealkylation sites (tertiary alicyclic amines) is 1. The second-order valence-corrected chi connectivity index (χ2v) is 10.8. The first kappa shape index (κ1) is 30.0. The lowest BCUT2D eigenvalue weighted by Gasteiger charge is -2.36. The molecule has 5 rings (SSSR count). The number of nitrogens with one attached hydrogen (secondary N) is 3. The number of aliphatic imine (C=N–C) groups is 2. The molecule has 1 aromatic carbocycles. The summed E-state index contributed by atoms with van der Waals surface area (Å²) in [6.45, 7) is 13.5. The summed E-state index contributed by atoms with van der Waals surface area (Å²) in [7, 11) is 0. The van der Waals surface area contributed by atoms with Crippen molar-refractivity contribution >= 4 is 35.9 Å². The minimum absolute atomic E-state index is 0.0957. The SMILES string of the molecule is C=N/C(=N\C(=C/C)Nc1ccnc(Nc2ccc(CN3CCCC(C(=O)N4CCNCC4)C3)cc2)n1)c1cccc(C)n1. The number of piperazine rings is 1. The van der Waals surface area contributed by atoms with Crippen molar-refractivity contribution in [3.05, 3.63) is 83.6 Å². The van der Waals surface area contributed by atoms with E-state index in [0.717, 1.165) is 70.0 Å². The van der Waals surface area contributed by atoms with E-state index in [0.29, 0.717) is 35.0 Å². The molecule has 0 saturated carbocycles. The fourth-order valence-electron chi connectivity index (χ4n) is 5.36. The Hall–Kier alpha value is -4.48. The van der Waals surface area contributed by atoms with Gasteiger partial charge in [-0.25, -0.2) is 20.0 Å². The van der Waals surface area contributed by atoms with Crippen LogP contribution in [-0.4, -0.2) is 82.5 Å². The van der Waals surface area contributed by atoms with E-state index in [-0.39, 0.29) is 5.92 Å². The first-order valence-corrected chi connectivity index (χ1v) is 14.8. The van der Waals surface area contributed by atoms with Crippen molar-refractivity contribution in [2.24, 2.45) is 15.9 Å². The molecule has 0 aliphatic carbocycles. The third-order valence-corrected chi connectivity index (χ3v) is 7.58. The van der Waals surface area contributed by atoms with E-state index in [1.165, 1.54) is 5.56 Å². The summed E-state index contributed by atoms with van der Waals surface area (Å²) in [5.74, 6) is 2.44. The van der Waals surface area contributed by atoms with Crippen LogP contribution in [0.3, 0.4) is 0 Å². The maximum atomic E-state index is 13.0. The Balaban J connectivity index is 1.17. The van der Waals surface area contributed by atoms with E-state index in [9.17, 15) is 4.79 Å². The largest absolute Gasteiger partial charge is 0.340 e. The maximum absolute atomic E-state index is 13.0. The minimum atomic E-state index is 0.0957. The van der Waals surface area contributed by atoms with Crippen LogP contribution in [0.1, 0.15) is 36.7 Å². The first-order chi connectivity index (χ1) is 21.0. The highest BCUT2D eigenvalue weighted by atomic mass is 16.2. The van der Waals surface area contributed by atoms with Crippen LogP contribution in [0, 0.1) is 12.8 Å². The first-order valence-electron chi connectivity index (χ1n) is 14.8. The van der Waals surface area contributed by atoms with Gasteiger partial charge < -0.3 is 20.9 Å². The summed E-state index contributed by atoms with van der Waals surface area (Å²) in [4.78, 5) is 39.6. The molecule has 1 amide bonds. The zero-order chi connectivity index (χ0) is 30.0. The van der Waals surface area contributed by atoms with Crippen molar-refractivity contribution in [3.8, 4) is 0 Å². The van der Waals surface area contributed by atoms with E-state index < -0.39 is 0 Å². The molecule has 224 valence electrons. The number of aromatic nitrogens is 3. The summed E-state index contributed by atoms with van der Waals surface area (Å²) >= 11 is 0. The van der Waals surface area contributed by atoms with E-state index in [2.05, 4.69) is 64.6 Å². The van der Waals surface area contributed by atoms with Crippen LogP contribution in [0.25, 0.3) is 0 Å². The van der Waals surface area contributed by atoms with E-state index in [1.807, 2.05) is 55.2 Å². The second-order valence-electron chi connectivity index (χ2n) is 10.8. The maximum Gasteiger partial charge on any atom is 0.229 e. The number of rotatable bonds is 9. The fraction of sp³-hybridized carbons (Fsp3) is 0.375. The number of carbonyl (C=O) groups is 1. The molecular formula is C32H40N10O. The Bertz CT molecular complexity index is 1460. The van der Waals surface area contributed by atoms with Crippen LogP contribution in [-0.2, 0) is 11.3 Å². The van der Waals surface area contributed by atoms with Crippen molar-refractivity contribution in [1.82, 2.24) is 30.1 Å². The van der Waals surface area contributed by atoms with Crippen LogP contribution in [0.4, 0.5) is 17.5 Å². The van der Waals surface area contributed by atoms with E-state index in [4.69, 9.17) is 0 Å². The number of allylic oxidation sites excluding steroid dienone is 1. The Labute approximate surface area is 253 Å². The quantitative estimate of drug-likeness (QED) is 0.257. The number of carbonyl (C=O) groups excluding carboxylic acids is 1. The number of piperidine rings is 1. The van der Waals surface area contributed by atoms with Gasteiger partial charge >= 0.3 is 0 Å². The van der Waals surface area contributed by atoms with Crippen LogP contribution >= 0.6 is 0 Å². The smallest absolute Gasteiger partial charge is 0.229 e. The van der Waals surface area contributed by atoms with Gasteiger partial charge in [-0.3, -0.25) is 9.69 Å². The van der Waals surface area contributed by atoms with Gasteiger partial charge in [0.1, 0.15) is 17.3 Å². The predicted octanol–water partition coefficient (Wildman–Crippen LogP) is 3.99. The number of benzene rings is 1. The Morgan fingerprint density at radius 2 is 1.93 bits per heavy atom. The molecule has 11 heteroatoms. The average Bonchev–Trinajstić information content (AvgIpc) is 3.04. The topological polar surface area (TPSA) is 123 Å². The van der Waals surface area contributed by atoms with Crippen LogP contribution in [0.15, 0.2) is 76.6 Å². The molecular weight excluding hydrogens is 540 g/mol. The number of amidine groups is 1. The molecule has 43 heavy (non-hydrogen) atoms. The lowest BCUT2D eigenvalue weighted by molar-refractivity contribution is -0.138. The summed E-state index contributed by atoms with van der Waals surface area (Å²) in [6.07, 6.45) is 5.55. The Morgan fingerprint density at radius 1 is 1.12 bits per heavy atom. The highest BCUT2D eigenvalue weighted by Gasteiger charge is 2.29. The van der Waals surface area contributed by atoms with Crippen molar-refractivity contribution in [1.29, 1.82) is 0 Å². The lowest BCUT2D eigenvalue weighted by Crippen LogP contribution is -2.51. The minimum Gasteiger partial charge on any atom is -0.340 e. The molecule has 4 heterocycles.